The third-order valence-corrected chi connectivity index (χ3v) is 6.07. The lowest BCUT2D eigenvalue weighted by atomic mass is 10.1. The average molecular weight is 444 g/mol. The summed E-state index contributed by atoms with van der Waals surface area (Å²) in [4.78, 5) is 25.7. The van der Waals surface area contributed by atoms with Gasteiger partial charge in [-0.1, -0.05) is 25.0 Å². The van der Waals surface area contributed by atoms with Crippen LogP contribution in [0.25, 0.3) is 22.3 Å². The maximum atomic E-state index is 12.5. The number of anilines is 1. The predicted octanol–water partition coefficient (Wildman–Crippen LogP) is 3.52. The molecule has 168 valence electrons. The maximum Gasteiger partial charge on any atom is 0.255 e. The Labute approximate surface area is 191 Å². The first kappa shape index (κ1) is 20.9. The number of amides is 1. The predicted molar refractivity (Wildman–Crippen MR) is 125 cm³/mol. The molecule has 0 unspecified atom stereocenters. The van der Waals surface area contributed by atoms with Crippen molar-refractivity contribution >= 4 is 22.8 Å². The van der Waals surface area contributed by atoms with E-state index in [2.05, 4.69) is 20.3 Å². The molecular weight excluding hydrogens is 418 g/mol. The topological polar surface area (TPSA) is 121 Å². The van der Waals surface area contributed by atoms with Gasteiger partial charge in [-0.25, -0.2) is 14.6 Å². The largest absolute Gasteiger partial charge is 0.496 e. The zero-order valence-electron chi connectivity index (χ0n) is 18.4. The Morgan fingerprint density at radius 2 is 1.97 bits per heavy atom. The molecule has 4 aromatic rings. The minimum absolute atomic E-state index is 0.218. The maximum absolute atomic E-state index is 12.5. The number of carbonyl (C=O) groups is 1. The van der Waals surface area contributed by atoms with Gasteiger partial charge in [-0.15, -0.1) is 0 Å². The van der Waals surface area contributed by atoms with Gasteiger partial charge in [0.25, 0.3) is 5.91 Å². The van der Waals surface area contributed by atoms with Gasteiger partial charge in [0.2, 0.25) is 0 Å². The van der Waals surface area contributed by atoms with Gasteiger partial charge in [0.05, 0.1) is 36.3 Å². The first-order chi connectivity index (χ1) is 16.2. The van der Waals surface area contributed by atoms with Gasteiger partial charge in [-0.2, -0.15) is 5.10 Å². The van der Waals surface area contributed by atoms with E-state index in [1.54, 1.807) is 31.5 Å². The van der Waals surface area contributed by atoms with E-state index in [9.17, 15) is 4.79 Å². The first-order valence-corrected chi connectivity index (χ1v) is 11.0. The third kappa shape index (κ3) is 3.97. The lowest BCUT2D eigenvalue weighted by molar-refractivity contribution is 0.0947. The van der Waals surface area contributed by atoms with Crippen molar-refractivity contribution in [2.45, 2.75) is 38.3 Å². The minimum atomic E-state index is -0.218. The molecule has 0 radical (unpaired) electrons. The Bertz CT molecular complexity index is 1290. The van der Waals surface area contributed by atoms with E-state index in [1.807, 2.05) is 22.9 Å². The standard InChI is InChI=1S/C24H25N7O2/c1-33-19-9-5-4-8-18(19)24(32)27-13-16-11-10-15(12-26-16)21-20-22(25)28-14-29-23(20)31(30-21)17-6-2-3-7-17/h4-5,8-12,14,17H,2-3,6-7,13H2,1H3,(H,27,32)(H2,25,28,29). The molecule has 0 aliphatic heterocycles. The lowest BCUT2D eigenvalue weighted by Gasteiger charge is -2.10. The fraction of sp³-hybridized carbons (Fsp3) is 0.292. The van der Waals surface area contributed by atoms with Crippen LogP contribution >= 0.6 is 0 Å². The third-order valence-electron chi connectivity index (χ3n) is 6.07. The molecule has 5 rings (SSSR count). The molecule has 0 spiro atoms. The quantitative estimate of drug-likeness (QED) is 0.468. The number of fused-ring (bicyclic) bond motifs is 1. The van der Waals surface area contributed by atoms with E-state index in [0.717, 1.165) is 40.8 Å². The second-order valence-corrected chi connectivity index (χ2v) is 8.11. The highest BCUT2D eigenvalue weighted by molar-refractivity contribution is 5.98. The molecule has 1 aliphatic carbocycles. The van der Waals surface area contributed by atoms with Gasteiger partial charge in [-0.3, -0.25) is 9.78 Å². The molecule has 33 heavy (non-hydrogen) atoms. The normalized spacial score (nSPS) is 14.0. The number of pyridine rings is 1. The highest BCUT2D eigenvalue weighted by Crippen LogP contribution is 2.36. The van der Waals surface area contributed by atoms with Crippen LogP contribution in [0.1, 0.15) is 47.8 Å². The Morgan fingerprint density at radius 3 is 2.73 bits per heavy atom. The summed E-state index contributed by atoms with van der Waals surface area (Å²) in [6, 6.07) is 11.2. The van der Waals surface area contributed by atoms with Crippen molar-refractivity contribution in [3.63, 3.8) is 0 Å². The summed E-state index contributed by atoms with van der Waals surface area (Å²) in [5.41, 5.74) is 9.75. The van der Waals surface area contributed by atoms with Crippen molar-refractivity contribution in [1.29, 1.82) is 0 Å². The number of benzene rings is 1. The fourth-order valence-electron chi connectivity index (χ4n) is 4.37. The fourth-order valence-corrected chi connectivity index (χ4v) is 4.37. The molecule has 0 atom stereocenters. The Balaban J connectivity index is 1.38. The second kappa shape index (κ2) is 8.85. The number of nitrogens with two attached hydrogens (primary N) is 1. The van der Waals surface area contributed by atoms with E-state index < -0.39 is 0 Å². The smallest absolute Gasteiger partial charge is 0.255 e. The van der Waals surface area contributed by atoms with Gasteiger partial charge in [-0.05, 0) is 37.1 Å². The van der Waals surface area contributed by atoms with Crippen LogP contribution in [0.2, 0.25) is 0 Å². The molecule has 0 bridgehead atoms. The number of nitrogens with zero attached hydrogens (tertiary/aromatic N) is 5. The summed E-state index contributed by atoms with van der Waals surface area (Å²) in [5.74, 6) is 0.722. The van der Waals surface area contributed by atoms with Crippen LogP contribution in [0.3, 0.4) is 0 Å². The van der Waals surface area contributed by atoms with Crippen molar-refractivity contribution in [2.24, 2.45) is 0 Å². The Morgan fingerprint density at radius 1 is 1.15 bits per heavy atom. The van der Waals surface area contributed by atoms with Gasteiger partial charge < -0.3 is 15.8 Å². The van der Waals surface area contributed by atoms with Gasteiger partial charge in [0.15, 0.2) is 5.65 Å². The van der Waals surface area contributed by atoms with Crippen molar-refractivity contribution in [2.75, 3.05) is 12.8 Å². The van der Waals surface area contributed by atoms with E-state index in [1.165, 1.54) is 19.2 Å². The number of nitrogen functional groups attached to an aromatic ring is 1. The molecule has 9 heteroatoms. The molecule has 1 aromatic carbocycles. The van der Waals surface area contributed by atoms with Crippen LogP contribution in [0.5, 0.6) is 5.75 Å². The molecule has 1 saturated carbocycles. The average Bonchev–Trinajstić information content (AvgIpc) is 3.51. The monoisotopic (exact) mass is 443 g/mol. The van der Waals surface area contributed by atoms with Crippen molar-refractivity contribution < 1.29 is 9.53 Å². The SMILES string of the molecule is COc1ccccc1C(=O)NCc1ccc(-c2nn(C3CCCC3)c3ncnc(N)c23)cn1. The minimum Gasteiger partial charge on any atom is -0.496 e. The van der Waals surface area contributed by atoms with Gasteiger partial charge >= 0.3 is 0 Å². The molecule has 3 heterocycles. The number of nitrogens with one attached hydrogen (secondary N) is 1. The van der Waals surface area contributed by atoms with Crippen molar-refractivity contribution in [3.05, 3.63) is 60.2 Å². The van der Waals surface area contributed by atoms with E-state index >= 15 is 0 Å². The number of aromatic nitrogens is 5. The molecule has 1 fully saturated rings. The van der Waals surface area contributed by atoms with Crippen LogP contribution in [-0.2, 0) is 6.54 Å². The molecule has 9 nitrogen and oxygen atoms in total. The van der Waals surface area contributed by atoms with Gasteiger partial charge in [0.1, 0.15) is 23.6 Å². The Hall–Kier alpha value is -4.01. The van der Waals surface area contributed by atoms with Crippen molar-refractivity contribution in [3.8, 4) is 17.0 Å². The van der Waals surface area contributed by atoms with E-state index in [0.29, 0.717) is 29.7 Å². The summed E-state index contributed by atoms with van der Waals surface area (Å²) in [6.07, 6.45) is 7.79. The number of rotatable bonds is 6. The van der Waals surface area contributed by atoms with Crippen LogP contribution in [0.4, 0.5) is 5.82 Å². The molecule has 3 aromatic heterocycles. The number of hydrogen-bond donors (Lipinski definition) is 2. The number of carbonyl (C=O) groups excluding carboxylic acids is 1. The molecule has 1 amide bonds. The molecule has 3 N–H and O–H groups in total. The van der Waals surface area contributed by atoms with Crippen LogP contribution in [0, 0.1) is 0 Å². The lowest BCUT2D eigenvalue weighted by Crippen LogP contribution is -2.23. The number of hydrogen-bond acceptors (Lipinski definition) is 7. The van der Waals surface area contributed by atoms with Gasteiger partial charge in [0, 0.05) is 11.8 Å². The molecule has 1 aliphatic rings. The van der Waals surface area contributed by atoms with E-state index in [-0.39, 0.29) is 5.91 Å². The molecular formula is C24H25N7O2. The summed E-state index contributed by atoms with van der Waals surface area (Å²) in [5, 5.41) is 8.52. The van der Waals surface area contributed by atoms with E-state index in [4.69, 9.17) is 15.6 Å². The van der Waals surface area contributed by atoms with Crippen molar-refractivity contribution in [1.82, 2.24) is 30.0 Å². The Kier molecular flexibility index (Phi) is 5.60. The van der Waals surface area contributed by atoms with Crippen LogP contribution in [0.15, 0.2) is 48.9 Å². The number of methoxy groups -OCH3 is 1. The number of ether oxygens (including phenoxy) is 1. The summed E-state index contributed by atoms with van der Waals surface area (Å²) in [7, 11) is 1.54. The summed E-state index contributed by atoms with van der Waals surface area (Å²) in [6.45, 7) is 0.291. The summed E-state index contributed by atoms with van der Waals surface area (Å²) < 4.78 is 7.26. The first-order valence-electron chi connectivity index (χ1n) is 11.0. The zero-order valence-corrected chi connectivity index (χ0v) is 18.4. The zero-order chi connectivity index (χ0) is 22.8. The highest BCUT2D eigenvalue weighted by Gasteiger charge is 2.24. The van der Waals surface area contributed by atoms with Crippen LogP contribution in [-0.4, -0.2) is 37.7 Å². The second-order valence-electron chi connectivity index (χ2n) is 8.11. The highest BCUT2D eigenvalue weighted by atomic mass is 16.5. The molecule has 0 saturated heterocycles. The summed E-state index contributed by atoms with van der Waals surface area (Å²) >= 11 is 0. The van der Waals surface area contributed by atoms with Crippen LogP contribution < -0.4 is 15.8 Å². The number of para-hydroxylation sites is 1.